The molecule has 0 aromatic heterocycles. The number of hydrogen-bond acceptors (Lipinski definition) is 4. The summed E-state index contributed by atoms with van der Waals surface area (Å²) < 4.78 is 5.56. The number of allylic oxidation sites excluding steroid dienone is 2. The molecule has 0 amide bonds. The van der Waals surface area contributed by atoms with Crippen molar-refractivity contribution in [3.63, 3.8) is 0 Å². The van der Waals surface area contributed by atoms with Crippen LogP contribution >= 0.6 is 0 Å². The van der Waals surface area contributed by atoms with Crippen molar-refractivity contribution in [2.45, 2.75) is 83.5 Å². The molecule has 1 heterocycles. The summed E-state index contributed by atoms with van der Waals surface area (Å²) in [5, 5.41) is 8.88. The van der Waals surface area contributed by atoms with Crippen molar-refractivity contribution in [3.05, 3.63) is 12.2 Å². The average Bonchev–Trinajstić information content (AvgIpc) is 2.52. The van der Waals surface area contributed by atoms with E-state index in [4.69, 9.17) is 19.6 Å². The number of ether oxygens (including phenoxy) is 1. The summed E-state index contributed by atoms with van der Waals surface area (Å²) >= 11 is 0. The van der Waals surface area contributed by atoms with E-state index in [1.807, 2.05) is 6.92 Å². The molecule has 3 atom stereocenters. The van der Waals surface area contributed by atoms with Crippen LogP contribution < -0.4 is 0 Å². The van der Waals surface area contributed by atoms with E-state index in [0.29, 0.717) is 6.42 Å². The first-order valence-corrected chi connectivity index (χ1v) is 8.75. The molecule has 5 heteroatoms. The van der Waals surface area contributed by atoms with Gasteiger partial charge in [0.2, 0.25) is 5.79 Å². The van der Waals surface area contributed by atoms with E-state index in [0.717, 1.165) is 25.7 Å². The van der Waals surface area contributed by atoms with E-state index in [9.17, 15) is 4.79 Å². The van der Waals surface area contributed by atoms with Crippen molar-refractivity contribution in [1.29, 1.82) is 0 Å². The lowest BCUT2D eigenvalue weighted by atomic mass is 9.89. The van der Waals surface area contributed by atoms with Crippen LogP contribution in [0, 0.1) is 5.92 Å². The fourth-order valence-corrected chi connectivity index (χ4v) is 3.02. The predicted molar refractivity (Wildman–Crippen MR) is 88.9 cm³/mol. The largest absolute Gasteiger partial charge is 0.481 e. The second-order valence-electron chi connectivity index (χ2n) is 6.49. The Bertz CT molecular complexity index is 368. The van der Waals surface area contributed by atoms with Crippen LogP contribution in [0.25, 0.3) is 0 Å². The first kappa shape index (κ1) is 20.1. The summed E-state index contributed by atoms with van der Waals surface area (Å²) in [4.78, 5) is 21.6. The number of carboxylic acids is 1. The molecule has 0 radical (unpaired) electrons. The Hall–Kier alpha value is -0.910. The van der Waals surface area contributed by atoms with E-state index in [1.165, 1.54) is 19.3 Å². The number of methoxy groups -OCH3 is 1. The minimum absolute atomic E-state index is 0.0346. The lowest BCUT2D eigenvalue weighted by molar-refractivity contribution is -0.475. The standard InChI is InChI=1S/C18H32O5/c1-4-5-6-7-8-9-10-11-12-18(21-3)14-15(2)16(22-23-18)13-17(19)20/h4-5,15-16H,6-14H2,1-3H3,(H,19,20). The lowest BCUT2D eigenvalue weighted by Gasteiger charge is -2.40. The smallest absolute Gasteiger partial charge is 0.306 e. The molecule has 5 nitrogen and oxygen atoms in total. The maximum Gasteiger partial charge on any atom is 0.306 e. The quantitative estimate of drug-likeness (QED) is 0.344. The topological polar surface area (TPSA) is 65.0 Å². The fraction of sp³-hybridized carbons (Fsp3) is 0.833. The van der Waals surface area contributed by atoms with Gasteiger partial charge in [-0.3, -0.25) is 4.79 Å². The number of aliphatic carboxylic acids is 1. The van der Waals surface area contributed by atoms with E-state index >= 15 is 0 Å². The van der Waals surface area contributed by atoms with E-state index < -0.39 is 17.9 Å². The van der Waals surface area contributed by atoms with Crippen LogP contribution in [0.15, 0.2) is 12.2 Å². The highest BCUT2D eigenvalue weighted by atomic mass is 17.2. The van der Waals surface area contributed by atoms with Crippen LogP contribution in [0.5, 0.6) is 0 Å². The van der Waals surface area contributed by atoms with E-state index in [2.05, 4.69) is 19.1 Å². The van der Waals surface area contributed by atoms with Gasteiger partial charge in [-0.25, -0.2) is 9.78 Å². The minimum atomic E-state index is -0.867. The first-order valence-electron chi connectivity index (χ1n) is 8.75. The Kier molecular flexibility index (Phi) is 9.44. The monoisotopic (exact) mass is 328 g/mol. The van der Waals surface area contributed by atoms with Crippen LogP contribution in [0.3, 0.4) is 0 Å². The first-order chi connectivity index (χ1) is 11.0. The van der Waals surface area contributed by atoms with Crippen molar-refractivity contribution >= 4 is 5.97 Å². The number of carboxylic acid groups (broad SMARTS) is 1. The minimum Gasteiger partial charge on any atom is -0.481 e. The summed E-state index contributed by atoms with van der Waals surface area (Å²) in [6, 6.07) is 0. The SMILES string of the molecule is CC=CCCCCCCCC1(OC)CC(C)C(CC(=O)O)OO1. The van der Waals surface area contributed by atoms with Crippen molar-refractivity contribution < 1.29 is 24.4 Å². The molecule has 0 saturated carbocycles. The molecule has 134 valence electrons. The highest BCUT2D eigenvalue weighted by Crippen LogP contribution is 2.36. The summed E-state index contributed by atoms with van der Waals surface area (Å²) in [5.74, 6) is -1.49. The Balaban J connectivity index is 2.26. The van der Waals surface area contributed by atoms with Crippen LogP contribution in [0.2, 0.25) is 0 Å². The van der Waals surface area contributed by atoms with Gasteiger partial charge in [0.05, 0.1) is 6.42 Å². The van der Waals surface area contributed by atoms with Crippen molar-refractivity contribution in [1.82, 2.24) is 0 Å². The van der Waals surface area contributed by atoms with Gasteiger partial charge in [-0.2, -0.15) is 0 Å². The Morgan fingerprint density at radius 1 is 1.30 bits per heavy atom. The van der Waals surface area contributed by atoms with Gasteiger partial charge in [-0.05, 0) is 32.1 Å². The van der Waals surface area contributed by atoms with Gasteiger partial charge in [0, 0.05) is 20.0 Å². The summed E-state index contributed by atoms with van der Waals surface area (Å²) in [6.07, 6.45) is 12.4. The third-order valence-electron chi connectivity index (χ3n) is 4.50. The number of hydrogen-bond donors (Lipinski definition) is 1. The molecular formula is C18H32O5. The van der Waals surface area contributed by atoms with Gasteiger partial charge >= 0.3 is 5.97 Å². The molecule has 0 aromatic carbocycles. The van der Waals surface area contributed by atoms with Crippen molar-refractivity contribution in [2.75, 3.05) is 7.11 Å². The third kappa shape index (κ3) is 7.46. The highest BCUT2D eigenvalue weighted by Gasteiger charge is 2.42. The predicted octanol–water partition coefficient (Wildman–Crippen LogP) is 4.47. The molecule has 3 unspecified atom stereocenters. The Morgan fingerprint density at radius 3 is 2.61 bits per heavy atom. The zero-order valence-electron chi connectivity index (χ0n) is 14.8. The van der Waals surface area contributed by atoms with Gasteiger partial charge in [0.15, 0.2) is 0 Å². The second-order valence-corrected chi connectivity index (χ2v) is 6.49. The van der Waals surface area contributed by atoms with Crippen LogP contribution in [-0.4, -0.2) is 30.1 Å². The van der Waals surface area contributed by atoms with E-state index in [-0.39, 0.29) is 12.3 Å². The zero-order valence-corrected chi connectivity index (χ0v) is 14.8. The van der Waals surface area contributed by atoms with Crippen LogP contribution in [-0.2, 0) is 19.3 Å². The fourth-order valence-electron chi connectivity index (χ4n) is 3.02. The summed E-state index contributed by atoms with van der Waals surface area (Å²) in [5.41, 5.74) is 0. The number of carbonyl (C=O) groups is 1. The normalized spacial score (nSPS) is 28.3. The average molecular weight is 328 g/mol. The third-order valence-corrected chi connectivity index (χ3v) is 4.50. The van der Waals surface area contributed by atoms with Gasteiger partial charge in [0.1, 0.15) is 6.10 Å². The van der Waals surface area contributed by atoms with Gasteiger partial charge in [-0.1, -0.05) is 38.3 Å². The molecule has 1 rings (SSSR count). The number of rotatable bonds is 11. The van der Waals surface area contributed by atoms with Crippen LogP contribution in [0.1, 0.15) is 71.6 Å². The maximum absolute atomic E-state index is 10.8. The Morgan fingerprint density at radius 2 is 2.00 bits per heavy atom. The molecule has 1 aliphatic heterocycles. The molecule has 0 bridgehead atoms. The van der Waals surface area contributed by atoms with Gasteiger partial charge in [-0.15, -0.1) is 0 Å². The summed E-state index contributed by atoms with van der Waals surface area (Å²) in [7, 11) is 1.63. The molecule has 1 aliphatic rings. The highest BCUT2D eigenvalue weighted by molar-refractivity contribution is 5.67. The molecule has 0 spiro atoms. The molecule has 0 aliphatic carbocycles. The Labute approximate surface area is 139 Å². The molecule has 1 fully saturated rings. The molecule has 1 N–H and O–H groups in total. The molecule has 0 aromatic rings. The number of unbranched alkanes of at least 4 members (excludes halogenated alkanes) is 5. The maximum atomic E-state index is 10.8. The lowest BCUT2D eigenvalue weighted by Crippen LogP contribution is -2.46. The van der Waals surface area contributed by atoms with Gasteiger partial charge in [0.25, 0.3) is 0 Å². The van der Waals surface area contributed by atoms with Crippen molar-refractivity contribution in [3.8, 4) is 0 Å². The van der Waals surface area contributed by atoms with Gasteiger partial charge < -0.3 is 9.84 Å². The second kappa shape index (κ2) is 10.8. The molecular weight excluding hydrogens is 296 g/mol. The molecule has 1 saturated heterocycles. The zero-order chi connectivity index (χ0) is 17.1. The van der Waals surface area contributed by atoms with Crippen molar-refractivity contribution in [2.24, 2.45) is 5.92 Å². The molecule has 23 heavy (non-hydrogen) atoms. The van der Waals surface area contributed by atoms with Crippen LogP contribution in [0.4, 0.5) is 0 Å². The van der Waals surface area contributed by atoms with E-state index in [1.54, 1.807) is 7.11 Å². The summed E-state index contributed by atoms with van der Waals surface area (Å²) in [6.45, 7) is 4.05.